The lowest BCUT2D eigenvalue weighted by molar-refractivity contribution is 0.466. The molecule has 0 aliphatic rings. The third kappa shape index (κ3) is 2.32. The Labute approximate surface area is 108 Å². The molecule has 1 rings (SSSR count). The summed E-state index contributed by atoms with van der Waals surface area (Å²) in [6.45, 7) is 2.00. The van der Waals surface area contributed by atoms with Crippen molar-refractivity contribution in [2.45, 2.75) is 19.4 Å². The topological polar surface area (TPSA) is 46.2 Å². The van der Waals surface area contributed by atoms with Gasteiger partial charge in [0.15, 0.2) is 0 Å². The summed E-state index contributed by atoms with van der Waals surface area (Å²) in [6.07, 6.45) is 0.818. The minimum Gasteiger partial charge on any atom is -0.506 e. The number of aromatic hydroxyl groups is 1. The first-order valence-corrected chi connectivity index (χ1v) is 6.48. The molecule has 0 saturated carbocycles. The van der Waals surface area contributed by atoms with E-state index in [1.807, 2.05) is 6.92 Å². The number of nitrogens with two attached hydrogens (primary N) is 1. The molecule has 0 spiro atoms. The molecule has 0 aliphatic heterocycles. The highest BCUT2D eigenvalue weighted by Crippen LogP contribution is 2.42. The predicted octanol–water partition coefficient (Wildman–Crippen LogP) is 4.09. The van der Waals surface area contributed by atoms with Gasteiger partial charge in [0, 0.05) is 16.1 Å². The van der Waals surface area contributed by atoms with E-state index in [4.69, 9.17) is 5.73 Å². The highest BCUT2D eigenvalue weighted by atomic mass is 79.9. The largest absolute Gasteiger partial charge is 0.506 e. The fraction of sp³-hybridized carbons (Fsp3) is 0.333. The van der Waals surface area contributed by atoms with E-state index < -0.39 is 0 Å². The number of phenols is 1. The van der Waals surface area contributed by atoms with E-state index in [0.29, 0.717) is 8.95 Å². The van der Waals surface area contributed by atoms with Crippen LogP contribution < -0.4 is 5.73 Å². The molecule has 78 valence electrons. The monoisotopic (exact) mass is 385 g/mol. The second kappa shape index (κ2) is 4.96. The zero-order valence-corrected chi connectivity index (χ0v) is 12.3. The first-order valence-electron chi connectivity index (χ1n) is 4.11. The lowest BCUT2D eigenvalue weighted by Gasteiger charge is -2.15. The number of rotatable bonds is 2. The molecule has 1 atom stereocenters. The Bertz CT molecular complexity index is 354. The summed E-state index contributed by atoms with van der Waals surface area (Å²) in [7, 11) is 0. The van der Waals surface area contributed by atoms with Crippen LogP contribution in [0.1, 0.15) is 24.9 Å². The van der Waals surface area contributed by atoms with Crippen LogP contribution in [0.25, 0.3) is 0 Å². The van der Waals surface area contributed by atoms with E-state index in [9.17, 15) is 5.11 Å². The number of halogens is 3. The molecule has 5 heteroatoms. The quantitative estimate of drug-likeness (QED) is 0.802. The lowest BCUT2D eigenvalue weighted by Crippen LogP contribution is -2.10. The summed E-state index contributed by atoms with van der Waals surface area (Å²) in [6, 6.07) is 1.71. The van der Waals surface area contributed by atoms with Crippen molar-refractivity contribution < 1.29 is 5.11 Å². The van der Waals surface area contributed by atoms with Gasteiger partial charge in [0.25, 0.3) is 0 Å². The number of benzene rings is 1. The van der Waals surface area contributed by atoms with Gasteiger partial charge in [-0.15, -0.1) is 0 Å². The minimum absolute atomic E-state index is 0.0854. The molecule has 0 heterocycles. The van der Waals surface area contributed by atoms with Gasteiger partial charge < -0.3 is 10.8 Å². The van der Waals surface area contributed by atoms with Crippen LogP contribution in [-0.2, 0) is 0 Å². The van der Waals surface area contributed by atoms with Crippen LogP contribution in [0.15, 0.2) is 19.5 Å². The molecule has 0 saturated heterocycles. The Morgan fingerprint density at radius 2 is 1.93 bits per heavy atom. The maximum absolute atomic E-state index is 9.69. The van der Waals surface area contributed by atoms with Crippen molar-refractivity contribution in [3.8, 4) is 5.75 Å². The van der Waals surface area contributed by atoms with E-state index in [2.05, 4.69) is 47.8 Å². The van der Waals surface area contributed by atoms with Crippen LogP contribution in [0.5, 0.6) is 5.75 Å². The van der Waals surface area contributed by atoms with Gasteiger partial charge in [-0.3, -0.25) is 0 Å². The van der Waals surface area contributed by atoms with Gasteiger partial charge in [-0.2, -0.15) is 0 Å². The molecule has 3 N–H and O–H groups in total. The van der Waals surface area contributed by atoms with Gasteiger partial charge in [-0.1, -0.05) is 22.9 Å². The molecule has 2 nitrogen and oxygen atoms in total. The molecule has 0 fully saturated rings. The van der Waals surface area contributed by atoms with Crippen molar-refractivity contribution in [2.24, 2.45) is 5.73 Å². The van der Waals surface area contributed by atoms with E-state index in [1.165, 1.54) is 0 Å². The predicted molar refractivity (Wildman–Crippen MR) is 68.4 cm³/mol. The van der Waals surface area contributed by atoms with Crippen LogP contribution >= 0.6 is 47.8 Å². The molecule has 0 aromatic heterocycles. The van der Waals surface area contributed by atoms with Gasteiger partial charge in [0.2, 0.25) is 0 Å². The van der Waals surface area contributed by atoms with Gasteiger partial charge in [-0.25, -0.2) is 0 Å². The summed E-state index contributed by atoms with van der Waals surface area (Å²) in [4.78, 5) is 0. The average Bonchev–Trinajstić information content (AvgIpc) is 2.14. The third-order valence-electron chi connectivity index (χ3n) is 1.99. The summed E-state index contributed by atoms with van der Waals surface area (Å²) in [5, 5.41) is 9.69. The van der Waals surface area contributed by atoms with Crippen molar-refractivity contribution >= 4 is 47.8 Å². The summed E-state index contributed by atoms with van der Waals surface area (Å²) in [5.74, 6) is 0.187. The number of phenolic OH excluding ortho intramolecular Hbond substituents is 1. The summed E-state index contributed by atoms with van der Waals surface area (Å²) >= 11 is 10.0. The maximum atomic E-state index is 9.69. The average molecular weight is 388 g/mol. The number of hydrogen-bond acceptors (Lipinski definition) is 2. The lowest BCUT2D eigenvalue weighted by atomic mass is 10.1. The summed E-state index contributed by atoms with van der Waals surface area (Å²) in [5.41, 5.74) is 6.82. The molecule has 1 aromatic rings. The van der Waals surface area contributed by atoms with E-state index >= 15 is 0 Å². The van der Waals surface area contributed by atoms with Gasteiger partial charge in [0.1, 0.15) is 5.75 Å². The van der Waals surface area contributed by atoms with E-state index in [1.54, 1.807) is 6.07 Å². The van der Waals surface area contributed by atoms with Crippen molar-refractivity contribution in [3.05, 3.63) is 25.0 Å². The highest BCUT2D eigenvalue weighted by Gasteiger charge is 2.17. The SMILES string of the molecule is CCC(N)c1c(Br)cc(Br)c(O)c1Br. The van der Waals surface area contributed by atoms with Crippen molar-refractivity contribution in [1.29, 1.82) is 0 Å². The Kier molecular flexibility index (Phi) is 4.43. The normalized spacial score (nSPS) is 12.9. The standard InChI is InChI=1S/C9H10Br3NO/c1-2-6(13)7-4(10)3-5(11)9(14)8(7)12/h3,6,14H,2,13H2,1H3. The van der Waals surface area contributed by atoms with Crippen molar-refractivity contribution in [3.63, 3.8) is 0 Å². The van der Waals surface area contributed by atoms with E-state index in [0.717, 1.165) is 16.5 Å². The van der Waals surface area contributed by atoms with Gasteiger partial charge in [-0.05, 0) is 44.3 Å². The second-order valence-corrected chi connectivity index (χ2v) is 5.43. The van der Waals surface area contributed by atoms with Crippen LogP contribution in [0.3, 0.4) is 0 Å². The van der Waals surface area contributed by atoms with E-state index in [-0.39, 0.29) is 11.8 Å². The number of hydrogen-bond donors (Lipinski definition) is 2. The molecule has 0 radical (unpaired) electrons. The van der Waals surface area contributed by atoms with Gasteiger partial charge in [0.05, 0.1) is 8.95 Å². The molecular weight excluding hydrogens is 378 g/mol. The van der Waals surface area contributed by atoms with Crippen molar-refractivity contribution in [2.75, 3.05) is 0 Å². The smallest absolute Gasteiger partial charge is 0.144 e. The maximum Gasteiger partial charge on any atom is 0.144 e. The minimum atomic E-state index is -0.0854. The fourth-order valence-corrected chi connectivity index (χ4v) is 3.85. The first-order chi connectivity index (χ1) is 6.49. The van der Waals surface area contributed by atoms with Crippen LogP contribution in [0.4, 0.5) is 0 Å². The first kappa shape index (κ1) is 12.5. The van der Waals surface area contributed by atoms with Crippen LogP contribution in [0, 0.1) is 0 Å². The zero-order valence-electron chi connectivity index (χ0n) is 7.52. The van der Waals surface area contributed by atoms with Crippen LogP contribution in [-0.4, -0.2) is 5.11 Å². The van der Waals surface area contributed by atoms with Crippen molar-refractivity contribution in [1.82, 2.24) is 0 Å². The molecular formula is C9H10Br3NO. The Balaban J connectivity index is 3.36. The fourth-order valence-electron chi connectivity index (χ4n) is 1.14. The zero-order chi connectivity index (χ0) is 10.9. The second-order valence-electron chi connectivity index (χ2n) is 2.93. The molecule has 1 aromatic carbocycles. The molecule has 0 aliphatic carbocycles. The molecule has 14 heavy (non-hydrogen) atoms. The Morgan fingerprint density at radius 3 is 2.43 bits per heavy atom. The van der Waals surface area contributed by atoms with Gasteiger partial charge >= 0.3 is 0 Å². The Hall–Kier alpha value is 0.420. The highest BCUT2D eigenvalue weighted by molar-refractivity contribution is 9.11. The van der Waals surface area contributed by atoms with Crippen LogP contribution in [0.2, 0.25) is 0 Å². The Morgan fingerprint density at radius 1 is 1.36 bits per heavy atom. The summed E-state index contributed by atoms with van der Waals surface area (Å²) < 4.78 is 2.18. The molecule has 1 unspecified atom stereocenters. The molecule has 0 amide bonds. The third-order valence-corrected chi connectivity index (χ3v) is 4.06. The molecule has 0 bridgehead atoms.